The molecule has 0 aliphatic carbocycles. The maximum absolute atomic E-state index is 12.1. The lowest BCUT2D eigenvalue weighted by Gasteiger charge is -2.33. The molecule has 1 saturated heterocycles. The lowest BCUT2D eigenvalue weighted by molar-refractivity contribution is -0.131. The standard InChI is InChI=1S/C18H29N3O3/c1-18(2,3)17(23)20-13-16(22)19-12-14(15-8-7-11-24-15)21-9-5-4-6-10-21/h7-8,11,14H,4-6,9-10,12-13H2,1-3H3,(H,19,22)(H,20,23)/t14-/m1/s1. The van der Waals surface area contributed by atoms with Gasteiger partial charge in [-0.3, -0.25) is 14.5 Å². The Kier molecular flexibility index (Phi) is 6.43. The van der Waals surface area contributed by atoms with E-state index >= 15 is 0 Å². The van der Waals surface area contributed by atoms with E-state index in [4.69, 9.17) is 4.42 Å². The number of hydrogen-bond donors (Lipinski definition) is 2. The molecule has 0 radical (unpaired) electrons. The minimum atomic E-state index is -0.495. The highest BCUT2D eigenvalue weighted by Gasteiger charge is 2.25. The van der Waals surface area contributed by atoms with Crippen LogP contribution in [0.15, 0.2) is 22.8 Å². The van der Waals surface area contributed by atoms with Gasteiger partial charge >= 0.3 is 0 Å². The van der Waals surface area contributed by atoms with Crippen LogP contribution in [0, 0.1) is 5.41 Å². The first-order valence-corrected chi connectivity index (χ1v) is 8.70. The minimum Gasteiger partial charge on any atom is -0.468 e. The van der Waals surface area contributed by atoms with Crippen molar-refractivity contribution in [2.24, 2.45) is 5.41 Å². The molecule has 1 aromatic rings. The van der Waals surface area contributed by atoms with Crippen molar-refractivity contribution in [2.75, 3.05) is 26.2 Å². The fraction of sp³-hybridized carbons (Fsp3) is 0.667. The first kappa shape index (κ1) is 18.5. The largest absolute Gasteiger partial charge is 0.468 e. The highest BCUT2D eigenvalue weighted by Crippen LogP contribution is 2.24. The smallest absolute Gasteiger partial charge is 0.239 e. The molecule has 0 unspecified atom stereocenters. The Morgan fingerprint density at radius 1 is 1.21 bits per heavy atom. The number of carbonyl (C=O) groups excluding carboxylic acids is 2. The van der Waals surface area contributed by atoms with E-state index in [1.807, 2.05) is 32.9 Å². The molecule has 1 fully saturated rings. The van der Waals surface area contributed by atoms with Crippen LogP contribution in [0.25, 0.3) is 0 Å². The van der Waals surface area contributed by atoms with Crippen LogP contribution in [0.4, 0.5) is 0 Å². The Bertz CT molecular complexity index is 528. The summed E-state index contributed by atoms with van der Waals surface area (Å²) >= 11 is 0. The SMILES string of the molecule is CC(C)(C)C(=O)NCC(=O)NC[C@H](c1ccco1)N1CCCCC1. The van der Waals surface area contributed by atoms with E-state index in [0.29, 0.717) is 6.54 Å². The van der Waals surface area contributed by atoms with E-state index in [1.165, 1.54) is 19.3 Å². The normalized spacial score (nSPS) is 17.3. The predicted octanol–water partition coefficient (Wildman–Crippen LogP) is 2.09. The topological polar surface area (TPSA) is 74.6 Å². The van der Waals surface area contributed by atoms with Crippen LogP contribution in [-0.2, 0) is 9.59 Å². The lowest BCUT2D eigenvalue weighted by atomic mass is 9.96. The number of hydrogen-bond acceptors (Lipinski definition) is 4. The van der Waals surface area contributed by atoms with Crippen LogP contribution >= 0.6 is 0 Å². The van der Waals surface area contributed by atoms with Crippen LogP contribution < -0.4 is 10.6 Å². The van der Waals surface area contributed by atoms with Crippen molar-refractivity contribution in [1.29, 1.82) is 0 Å². The second-order valence-electron chi connectivity index (χ2n) is 7.36. The predicted molar refractivity (Wildman–Crippen MR) is 92.3 cm³/mol. The van der Waals surface area contributed by atoms with Crippen LogP contribution in [0.1, 0.15) is 51.8 Å². The van der Waals surface area contributed by atoms with Gasteiger partial charge in [-0.2, -0.15) is 0 Å². The molecular weight excluding hydrogens is 306 g/mol. The lowest BCUT2D eigenvalue weighted by Crippen LogP contribution is -2.45. The fourth-order valence-electron chi connectivity index (χ4n) is 2.82. The van der Waals surface area contributed by atoms with Crippen molar-refractivity contribution in [3.05, 3.63) is 24.2 Å². The fourth-order valence-corrected chi connectivity index (χ4v) is 2.82. The van der Waals surface area contributed by atoms with Gasteiger partial charge in [-0.25, -0.2) is 0 Å². The molecule has 2 N–H and O–H groups in total. The zero-order valence-corrected chi connectivity index (χ0v) is 14.9. The number of likely N-dealkylation sites (tertiary alicyclic amines) is 1. The van der Waals surface area contributed by atoms with Gasteiger partial charge in [0.2, 0.25) is 11.8 Å². The maximum atomic E-state index is 12.1. The van der Waals surface area contributed by atoms with Crippen molar-refractivity contribution in [1.82, 2.24) is 15.5 Å². The van der Waals surface area contributed by atoms with Gasteiger partial charge < -0.3 is 15.1 Å². The van der Waals surface area contributed by atoms with Gasteiger partial charge in [-0.15, -0.1) is 0 Å². The van der Waals surface area contributed by atoms with E-state index in [0.717, 1.165) is 18.8 Å². The quantitative estimate of drug-likeness (QED) is 0.835. The maximum Gasteiger partial charge on any atom is 0.239 e. The molecule has 2 heterocycles. The first-order valence-electron chi connectivity index (χ1n) is 8.70. The van der Waals surface area contributed by atoms with E-state index in [2.05, 4.69) is 15.5 Å². The molecule has 1 aliphatic rings. The molecule has 134 valence electrons. The summed E-state index contributed by atoms with van der Waals surface area (Å²) in [6.07, 6.45) is 5.27. The zero-order valence-electron chi connectivity index (χ0n) is 14.9. The number of rotatable bonds is 6. The molecule has 2 rings (SSSR count). The third-order valence-electron chi connectivity index (χ3n) is 4.29. The summed E-state index contributed by atoms with van der Waals surface area (Å²) in [7, 11) is 0. The second kappa shape index (κ2) is 8.33. The van der Waals surface area contributed by atoms with Gasteiger partial charge in [0.05, 0.1) is 18.8 Å². The van der Waals surface area contributed by atoms with Crippen molar-refractivity contribution in [2.45, 2.75) is 46.1 Å². The summed E-state index contributed by atoms with van der Waals surface area (Å²) in [5, 5.41) is 5.59. The molecule has 1 aliphatic heterocycles. The molecule has 6 heteroatoms. The average molecular weight is 335 g/mol. The summed E-state index contributed by atoms with van der Waals surface area (Å²) in [4.78, 5) is 26.2. The minimum absolute atomic E-state index is 0.000970. The van der Waals surface area contributed by atoms with E-state index in [9.17, 15) is 9.59 Å². The Balaban J connectivity index is 1.86. The zero-order chi connectivity index (χ0) is 17.6. The molecule has 2 amide bonds. The Hall–Kier alpha value is -1.82. The van der Waals surface area contributed by atoms with Crippen molar-refractivity contribution in [3.63, 3.8) is 0 Å². The van der Waals surface area contributed by atoms with Crippen molar-refractivity contribution >= 4 is 11.8 Å². The van der Waals surface area contributed by atoms with Crippen LogP contribution in [0.3, 0.4) is 0 Å². The first-order chi connectivity index (χ1) is 11.4. The van der Waals surface area contributed by atoms with Crippen LogP contribution in [0.5, 0.6) is 0 Å². The number of furan rings is 1. The van der Waals surface area contributed by atoms with E-state index in [1.54, 1.807) is 6.26 Å². The summed E-state index contributed by atoms with van der Waals surface area (Å²) in [5.74, 6) is 0.563. The van der Waals surface area contributed by atoms with Crippen LogP contribution in [-0.4, -0.2) is 42.9 Å². The summed E-state index contributed by atoms with van der Waals surface area (Å²) < 4.78 is 5.56. The average Bonchev–Trinajstić information content (AvgIpc) is 3.07. The summed E-state index contributed by atoms with van der Waals surface area (Å²) in [6, 6.07) is 3.87. The Labute approximate surface area is 144 Å². The van der Waals surface area contributed by atoms with E-state index in [-0.39, 0.29) is 24.4 Å². The molecule has 0 aromatic carbocycles. The molecule has 0 spiro atoms. The van der Waals surface area contributed by atoms with Gasteiger partial charge in [0, 0.05) is 12.0 Å². The molecule has 6 nitrogen and oxygen atoms in total. The molecule has 24 heavy (non-hydrogen) atoms. The van der Waals surface area contributed by atoms with Crippen molar-refractivity contribution < 1.29 is 14.0 Å². The number of nitrogens with one attached hydrogen (secondary N) is 2. The monoisotopic (exact) mass is 335 g/mol. The second-order valence-corrected chi connectivity index (χ2v) is 7.36. The molecular formula is C18H29N3O3. The van der Waals surface area contributed by atoms with Gasteiger partial charge in [-0.05, 0) is 38.1 Å². The van der Waals surface area contributed by atoms with Crippen LogP contribution in [0.2, 0.25) is 0 Å². The van der Waals surface area contributed by atoms with Crippen molar-refractivity contribution in [3.8, 4) is 0 Å². The Morgan fingerprint density at radius 2 is 1.92 bits per heavy atom. The molecule has 0 saturated carbocycles. The number of carbonyl (C=O) groups is 2. The number of amides is 2. The third kappa shape index (κ3) is 5.37. The summed E-state index contributed by atoms with van der Waals surface area (Å²) in [5.41, 5.74) is -0.495. The Morgan fingerprint density at radius 3 is 2.50 bits per heavy atom. The molecule has 1 aromatic heterocycles. The third-order valence-corrected chi connectivity index (χ3v) is 4.29. The van der Waals surface area contributed by atoms with Gasteiger partial charge in [0.1, 0.15) is 5.76 Å². The molecule has 1 atom stereocenters. The van der Waals surface area contributed by atoms with E-state index < -0.39 is 5.41 Å². The number of piperidine rings is 1. The number of nitrogens with zero attached hydrogens (tertiary/aromatic N) is 1. The highest BCUT2D eigenvalue weighted by molar-refractivity contribution is 5.87. The highest BCUT2D eigenvalue weighted by atomic mass is 16.3. The van der Waals surface area contributed by atoms with Gasteiger partial charge in [0.15, 0.2) is 0 Å². The van der Waals surface area contributed by atoms with Gasteiger partial charge in [-0.1, -0.05) is 27.2 Å². The van der Waals surface area contributed by atoms with Gasteiger partial charge in [0.25, 0.3) is 0 Å². The molecule has 0 bridgehead atoms. The summed E-state index contributed by atoms with van der Waals surface area (Å²) in [6.45, 7) is 7.99.